The van der Waals surface area contributed by atoms with Crippen molar-refractivity contribution in [1.29, 1.82) is 0 Å². The highest BCUT2D eigenvalue weighted by Crippen LogP contribution is 2.25. The highest BCUT2D eigenvalue weighted by molar-refractivity contribution is 5.89. The van der Waals surface area contributed by atoms with Crippen LogP contribution in [0.3, 0.4) is 0 Å². The first kappa shape index (κ1) is 11.1. The number of benzene rings is 1. The van der Waals surface area contributed by atoms with Crippen molar-refractivity contribution in [2.75, 3.05) is 6.61 Å². The quantitative estimate of drug-likeness (QED) is 0.734. The average Bonchev–Trinajstić information content (AvgIpc) is 2.25. The molecular formula is C13H16O3. The summed E-state index contributed by atoms with van der Waals surface area (Å²) < 4.78 is 10.5. The minimum atomic E-state index is -0.349. The van der Waals surface area contributed by atoms with Crippen LogP contribution in [0.1, 0.15) is 29.3 Å². The number of aryl methyl sites for hydroxylation is 1. The Hall–Kier alpha value is -1.35. The van der Waals surface area contributed by atoms with E-state index in [0.717, 1.165) is 12.0 Å². The van der Waals surface area contributed by atoms with E-state index in [0.29, 0.717) is 18.1 Å². The molecule has 0 spiro atoms. The van der Waals surface area contributed by atoms with Crippen LogP contribution in [0.25, 0.3) is 0 Å². The van der Waals surface area contributed by atoms with Gasteiger partial charge in [-0.05, 0) is 25.5 Å². The monoisotopic (exact) mass is 220 g/mol. The second kappa shape index (κ2) is 4.66. The van der Waals surface area contributed by atoms with Crippen LogP contribution in [0, 0.1) is 12.8 Å². The maximum Gasteiger partial charge on any atom is 0.340 e. The number of carbonyl (C=O) groups is 1. The molecule has 1 heterocycles. The standard InChI is InChI=1S/C13H16O3/c1-3-10-8-15-13(10)16-12(14)11-6-4-5-9(2)7-11/h4-7,10,13H,3,8H2,1-2H3. The summed E-state index contributed by atoms with van der Waals surface area (Å²) in [6, 6.07) is 7.38. The van der Waals surface area contributed by atoms with E-state index in [1.807, 2.05) is 25.1 Å². The van der Waals surface area contributed by atoms with E-state index in [1.165, 1.54) is 0 Å². The van der Waals surface area contributed by atoms with Crippen molar-refractivity contribution in [2.24, 2.45) is 5.92 Å². The van der Waals surface area contributed by atoms with Crippen LogP contribution >= 0.6 is 0 Å². The van der Waals surface area contributed by atoms with E-state index >= 15 is 0 Å². The van der Waals surface area contributed by atoms with Gasteiger partial charge in [0.15, 0.2) is 0 Å². The van der Waals surface area contributed by atoms with Crippen molar-refractivity contribution >= 4 is 5.97 Å². The normalized spacial score (nSPS) is 23.6. The van der Waals surface area contributed by atoms with Gasteiger partial charge in [-0.3, -0.25) is 0 Å². The summed E-state index contributed by atoms with van der Waals surface area (Å²) in [5, 5.41) is 0. The van der Waals surface area contributed by atoms with Gasteiger partial charge in [0.1, 0.15) is 0 Å². The predicted octanol–water partition coefficient (Wildman–Crippen LogP) is 2.53. The lowest BCUT2D eigenvalue weighted by atomic mass is 10.0. The third kappa shape index (κ3) is 2.25. The van der Waals surface area contributed by atoms with Gasteiger partial charge >= 0.3 is 5.97 Å². The summed E-state index contributed by atoms with van der Waals surface area (Å²) in [6.07, 6.45) is 0.629. The third-order valence-corrected chi connectivity index (χ3v) is 2.86. The number of hydrogen-bond donors (Lipinski definition) is 0. The molecule has 0 N–H and O–H groups in total. The second-order valence-corrected chi connectivity index (χ2v) is 4.14. The third-order valence-electron chi connectivity index (χ3n) is 2.86. The molecule has 86 valence electrons. The fraction of sp³-hybridized carbons (Fsp3) is 0.462. The Bertz CT molecular complexity index is 385. The topological polar surface area (TPSA) is 35.5 Å². The molecule has 0 radical (unpaired) electrons. The van der Waals surface area contributed by atoms with Gasteiger partial charge in [-0.15, -0.1) is 0 Å². The van der Waals surface area contributed by atoms with Crippen LogP contribution < -0.4 is 0 Å². The molecule has 1 aliphatic rings. The van der Waals surface area contributed by atoms with Crippen molar-refractivity contribution in [2.45, 2.75) is 26.6 Å². The summed E-state index contributed by atoms with van der Waals surface area (Å²) in [4.78, 5) is 11.8. The minimum Gasteiger partial charge on any atom is -0.432 e. The molecule has 1 aromatic rings. The zero-order valence-corrected chi connectivity index (χ0v) is 9.60. The molecule has 3 heteroatoms. The van der Waals surface area contributed by atoms with E-state index < -0.39 is 0 Å². The molecule has 1 aromatic carbocycles. The van der Waals surface area contributed by atoms with Crippen LogP contribution in [0.4, 0.5) is 0 Å². The molecule has 0 amide bonds. The Balaban J connectivity index is 1.98. The summed E-state index contributed by atoms with van der Waals surface area (Å²) in [5.41, 5.74) is 1.64. The molecule has 2 rings (SSSR count). The molecule has 2 atom stereocenters. The fourth-order valence-corrected chi connectivity index (χ4v) is 1.70. The lowest BCUT2D eigenvalue weighted by molar-refractivity contribution is -0.232. The van der Waals surface area contributed by atoms with Crippen molar-refractivity contribution in [1.82, 2.24) is 0 Å². The number of ether oxygens (including phenoxy) is 2. The lowest BCUT2D eigenvalue weighted by Crippen LogP contribution is -2.42. The van der Waals surface area contributed by atoms with Gasteiger partial charge in [0, 0.05) is 5.92 Å². The Labute approximate surface area is 95.4 Å². The Morgan fingerprint density at radius 2 is 2.38 bits per heavy atom. The highest BCUT2D eigenvalue weighted by Gasteiger charge is 2.34. The zero-order valence-electron chi connectivity index (χ0n) is 9.60. The first-order valence-electron chi connectivity index (χ1n) is 5.60. The largest absolute Gasteiger partial charge is 0.432 e. The molecule has 0 aromatic heterocycles. The zero-order chi connectivity index (χ0) is 11.5. The Morgan fingerprint density at radius 3 is 2.94 bits per heavy atom. The predicted molar refractivity (Wildman–Crippen MR) is 60.1 cm³/mol. The van der Waals surface area contributed by atoms with Crippen molar-refractivity contribution in [3.8, 4) is 0 Å². The average molecular weight is 220 g/mol. The second-order valence-electron chi connectivity index (χ2n) is 4.14. The maximum absolute atomic E-state index is 11.8. The van der Waals surface area contributed by atoms with E-state index in [4.69, 9.17) is 9.47 Å². The molecule has 0 bridgehead atoms. The van der Waals surface area contributed by atoms with Crippen LogP contribution in [0.5, 0.6) is 0 Å². The van der Waals surface area contributed by atoms with Gasteiger partial charge in [-0.2, -0.15) is 0 Å². The molecule has 16 heavy (non-hydrogen) atoms. The van der Waals surface area contributed by atoms with Gasteiger partial charge in [0.05, 0.1) is 12.2 Å². The van der Waals surface area contributed by atoms with Crippen LogP contribution in [0.2, 0.25) is 0 Å². The van der Waals surface area contributed by atoms with E-state index in [-0.39, 0.29) is 12.3 Å². The first-order chi connectivity index (χ1) is 7.70. The Kier molecular flexibility index (Phi) is 3.25. The molecule has 1 aliphatic heterocycles. The van der Waals surface area contributed by atoms with Gasteiger partial charge in [0.2, 0.25) is 6.29 Å². The summed E-state index contributed by atoms with van der Waals surface area (Å²) in [5.74, 6) is 0.0561. The van der Waals surface area contributed by atoms with Crippen LogP contribution in [-0.4, -0.2) is 18.9 Å². The Morgan fingerprint density at radius 1 is 1.56 bits per heavy atom. The number of carbonyl (C=O) groups excluding carboxylic acids is 1. The lowest BCUT2D eigenvalue weighted by Gasteiger charge is -2.34. The van der Waals surface area contributed by atoms with Gasteiger partial charge in [-0.25, -0.2) is 4.79 Å². The maximum atomic E-state index is 11.8. The van der Waals surface area contributed by atoms with Crippen LogP contribution in [0.15, 0.2) is 24.3 Å². The molecule has 0 saturated carbocycles. The van der Waals surface area contributed by atoms with Crippen LogP contribution in [-0.2, 0) is 9.47 Å². The summed E-state index contributed by atoms with van der Waals surface area (Å²) in [6.45, 7) is 4.72. The number of rotatable bonds is 3. The first-order valence-corrected chi connectivity index (χ1v) is 5.60. The van der Waals surface area contributed by atoms with Gasteiger partial charge < -0.3 is 9.47 Å². The minimum absolute atomic E-state index is 0.299. The molecule has 1 fully saturated rings. The van der Waals surface area contributed by atoms with Gasteiger partial charge in [-0.1, -0.05) is 24.6 Å². The summed E-state index contributed by atoms with van der Waals surface area (Å²) in [7, 11) is 0. The number of hydrogen-bond acceptors (Lipinski definition) is 3. The molecule has 1 saturated heterocycles. The van der Waals surface area contributed by atoms with Crippen molar-refractivity contribution < 1.29 is 14.3 Å². The SMILES string of the molecule is CCC1COC1OC(=O)c1cccc(C)c1. The molecule has 2 unspecified atom stereocenters. The summed E-state index contributed by atoms with van der Waals surface area (Å²) >= 11 is 0. The smallest absolute Gasteiger partial charge is 0.340 e. The van der Waals surface area contributed by atoms with Crippen molar-refractivity contribution in [3.05, 3.63) is 35.4 Å². The molecule has 3 nitrogen and oxygen atoms in total. The highest BCUT2D eigenvalue weighted by atomic mass is 16.7. The van der Waals surface area contributed by atoms with Gasteiger partial charge in [0.25, 0.3) is 0 Å². The number of esters is 1. The van der Waals surface area contributed by atoms with E-state index in [1.54, 1.807) is 6.07 Å². The van der Waals surface area contributed by atoms with E-state index in [2.05, 4.69) is 6.92 Å². The van der Waals surface area contributed by atoms with Crippen molar-refractivity contribution in [3.63, 3.8) is 0 Å². The fourth-order valence-electron chi connectivity index (χ4n) is 1.70. The van der Waals surface area contributed by atoms with E-state index in [9.17, 15) is 4.79 Å². The molecule has 0 aliphatic carbocycles. The molecular weight excluding hydrogens is 204 g/mol.